The standard InChI is InChI=1S/C15H17N3O/c16-13(10-5-6-10)14-17-15(19-18-14)12-7-4-9-2-1-3-11(9)8-12/h4,7-8,10,13H,1-3,5-6,16H2. The zero-order valence-electron chi connectivity index (χ0n) is 10.8. The molecule has 2 aliphatic carbocycles. The lowest BCUT2D eigenvalue weighted by Gasteiger charge is -2.02. The molecule has 0 spiro atoms. The minimum Gasteiger partial charge on any atom is -0.334 e. The van der Waals surface area contributed by atoms with Crippen molar-refractivity contribution in [3.63, 3.8) is 0 Å². The molecule has 1 aromatic carbocycles. The molecule has 1 atom stereocenters. The molecule has 19 heavy (non-hydrogen) atoms. The van der Waals surface area contributed by atoms with Gasteiger partial charge in [0.2, 0.25) is 0 Å². The Balaban J connectivity index is 1.65. The predicted octanol–water partition coefficient (Wildman–Crippen LogP) is 2.64. The molecule has 0 radical (unpaired) electrons. The molecule has 0 bridgehead atoms. The molecule has 4 nitrogen and oxygen atoms in total. The summed E-state index contributed by atoms with van der Waals surface area (Å²) in [6.45, 7) is 0. The second-order valence-corrected chi connectivity index (χ2v) is 5.66. The molecule has 4 heteroatoms. The van der Waals surface area contributed by atoms with Crippen molar-refractivity contribution in [1.29, 1.82) is 0 Å². The lowest BCUT2D eigenvalue weighted by Crippen LogP contribution is -2.13. The second-order valence-electron chi connectivity index (χ2n) is 5.66. The van der Waals surface area contributed by atoms with Gasteiger partial charge in [0.05, 0.1) is 6.04 Å². The van der Waals surface area contributed by atoms with E-state index < -0.39 is 0 Å². The van der Waals surface area contributed by atoms with Crippen LogP contribution in [-0.4, -0.2) is 10.1 Å². The minimum absolute atomic E-state index is 0.0630. The maximum atomic E-state index is 6.10. The van der Waals surface area contributed by atoms with Gasteiger partial charge in [-0.25, -0.2) is 0 Å². The van der Waals surface area contributed by atoms with Crippen LogP contribution in [-0.2, 0) is 12.8 Å². The fourth-order valence-electron chi connectivity index (χ4n) is 2.86. The fourth-order valence-corrected chi connectivity index (χ4v) is 2.86. The highest BCUT2D eigenvalue weighted by molar-refractivity contribution is 5.56. The van der Waals surface area contributed by atoms with E-state index in [4.69, 9.17) is 10.3 Å². The van der Waals surface area contributed by atoms with Crippen molar-refractivity contribution < 1.29 is 4.52 Å². The first kappa shape index (κ1) is 11.2. The summed E-state index contributed by atoms with van der Waals surface area (Å²) < 4.78 is 5.37. The maximum Gasteiger partial charge on any atom is 0.257 e. The predicted molar refractivity (Wildman–Crippen MR) is 71.4 cm³/mol. The Hall–Kier alpha value is -1.68. The number of rotatable bonds is 3. The van der Waals surface area contributed by atoms with Crippen molar-refractivity contribution in [3.05, 3.63) is 35.2 Å². The highest BCUT2D eigenvalue weighted by Crippen LogP contribution is 2.38. The Kier molecular flexibility index (Phi) is 2.45. The van der Waals surface area contributed by atoms with Crippen molar-refractivity contribution in [3.8, 4) is 11.5 Å². The van der Waals surface area contributed by atoms with E-state index in [1.165, 1.54) is 36.8 Å². The van der Waals surface area contributed by atoms with Crippen LogP contribution in [0.15, 0.2) is 22.7 Å². The quantitative estimate of drug-likeness (QED) is 0.915. The molecule has 2 aliphatic rings. The smallest absolute Gasteiger partial charge is 0.257 e. The first-order chi connectivity index (χ1) is 9.31. The summed E-state index contributed by atoms with van der Waals surface area (Å²) in [7, 11) is 0. The molecular weight excluding hydrogens is 238 g/mol. The fraction of sp³-hybridized carbons (Fsp3) is 0.467. The summed E-state index contributed by atoms with van der Waals surface area (Å²) in [5, 5.41) is 4.04. The molecule has 0 aliphatic heterocycles. The Morgan fingerprint density at radius 3 is 2.89 bits per heavy atom. The third-order valence-electron chi connectivity index (χ3n) is 4.22. The van der Waals surface area contributed by atoms with Gasteiger partial charge in [0, 0.05) is 5.56 Å². The first-order valence-electron chi connectivity index (χ1n) is 7.02. The van der Waals surface area contributed by atoms with Crippen LogP contribution in [0.4, 0.5) is 0 Å². The van der Waals surface area contributed by atoms with Crippen molar-refractivity contribution >= 4 is 0 Å². The van der Waals surface area contributed by atoms with Gasteiger partial charge in [-0.2, -0.15) is 4.98 Å². The third-order valence-corrected chi connectivity index (χ3v) is 4.22. The Labute approximate surface area is 112 Å². The van der Waals surface area contributed by atoms with Crippen LogP contribution >= 0.6 is 0 Å². The second kappa shape index (κ2) is 4.17. The molecular formula is C15H17N3O. The monoisotopic (exact) mass is 255 g/mol. The third kappa shape index (κ3) is 1.96. The molecule has 4 rings (SSSR count). The summed E-state index contributed by atoms with van der Waals surface area (Å²) in [5.41, 5.74) is 9.99. The molecule has 1 heterocycles. The van der Waals surface area contributed by atoms with Crippen LogP contribution < -0.4 is 5.73 Å². The van der Waals surface area contributed by atoms with Crippen LogP contribution in [0.25, 0.3) is 11.5 Å². The summed E-state index contributed by atoms with van der Waals surface area (Å²) >= 11 is 0. The van der Waals surface area contributed by atoms with Crippen molar-refractivity contribution in [1.82, 2.24) is 10.1 Å². The Morgan fingerprint density at radius 2 is 2.05 bits per heavy atom. The number of hydrogen-bond acceptors (Lipinski definition) is 4. The van der Waals surface area contributed by atoms with Crippen LogP contribution in [0.5, 0.6) is 0 Å². The van der Waals surface area contributed by atoms with Crippen molar-refractivity contribution in [2.75, 3.05) is 0 Å². The first-order valence-corrected chi connectivity index (χ1v) is 7.02. The number of fused-ring (bicyclic) bond motifs is 1. The van der Waals surface area contributed by atoms with Gasteiger partial charge in [0.25, 0.3) is 5.89 Å². The van der Waals surface area contributed by atoms with Crippen molar-refractivity contribution in [2.24, 2.45) is 11.7 Å². The van der Waals surface area contributed by atoms with Crippen LogP contribution in [0, 0.1) is 5.92 Å². The van der Waals surface area contributed by atoms with Crippen LogP contribution in [0.2, 0.25) is 0 Å². The summed E-state index contributed by atoms with van der Waals surface area (Å²) in [5.74, 6) is 1.80. The van der Waals surface area contributed by atoms with E-state index in [1.54, 1.807) is 0 Å². The Bertz CT molecular complexity index is 616. The van der Waals surface area contributed by atoms with E-state index in [9.17, 15) is 0 Å². The molecule has 2 N–H and O–H groups in total. The molecule has 1 saturated carbocycles. The molecule has 1 unspecified atom stereocenters. The lowest BCUT2D eigenvalue weighted by molar-refractivity contribution is 0.411. The van der Waals surface area contributed by atoms with E-state index >= 15 is 0 Å². The normalized spacial score (nSPS) is 19.4. The summed E-state index contributed by atoms with van der Waals surface area (Å²) in [4.78, 5) is 4.46. The van der Waals surface area contributed by atoms with Gasteiger partial charge in [-0.05, 0) is 61.3 Å². The van der Waals surface area contributed by atoms with E-state index in [-0.39, 0.29) is 6.04 Å². The zero-order chi connectivity index (χ0) is 12.8. The van der Waals surface area contributed by atoms with Gasteiger partial charge >= 0.3 is 0 Å². The van der Waals surface area contributed by atoms with Gasteiger partial charge in [0.15, 0.2) is 5.82 Å². The number of hydrogen-bond donors (Lipinski definition) is 1. The number of aromatic nitrogens is 2. The SMILES string of the molecule is NC(c1noc(-c2ccc3c(c2)CCC3)n1)C1CC1. The molecule has 1 fully saturated rings. The summed E-state index contributed by atoms with van der Waals surface area (Å²) in [6.07, 6.45) is 5.97. The number of aryl methyl sites for hydroxylation is 2. The lowest BCUT2D eigenvalue weighted by atomic mass is 10.1. The van der Waals surface area contributed by atoms with E-state index in [1.807, 2.05) is 0 Å². The van der Waals surface area contributed by atoms with E-state index in [0.717, 1.165) is 12.0 Å². The number of nitrogens with zero attached hydrogens (tertiary/aromatic N) is 2. The molecule has 1 aromatic heterocycles. The molecule has 2 aromatic rings. The van der Waals surface area contributed by atoms with E-state index in [0.29, 0.717) is 17.6 Å². The average Bonchev–Trinajstić information content (AvgIpc) is 2.99. The average molecular weight is 255 g/mol. The van der Waals surface area contributed by atoms with Gasteiger partial charge in [-0.3, -0.25) is 0 Å². The topological polar surface area (TPSA) is 64.9 Å². The van der Waals surface area contributed by atoms with Gasteiger partial charge < -0.3 is 10.3 Å². The van der Waals surface area contributed by atoms with Crippen LogP contribution in [0.1, 0.15) is 42.3 Å². The molecule has 0 saturated heterocycles. The van der Waals surface area contributed by atoms with Crippen molar-refractivity contribution in [2.45, 2.75) is 38.1 Å². The summed E-state index contributed by atoms with van der Waals surface area (Å²) in [6, 6.07) is 6.38. The number of benzene rings is 1. The highest BCUT2D eigenvalue weighted by Gasteiger charge is 2.32. The maximum absolute atomic E-state index is 6.10. The minimum atomic E-state index is -0.0630. The largest absolute Gasteiger partial charge is 0.334 e. The van der Waals surface area contributed by atoms with Gasteiger partial charge in [-0.1, -0.05) is 11.2 Å². The number of nitrogens with two attached hydrogens (primary N) is 1. The van der Waals surface area contributed by atoms with Gasteiger partial charge in [0.1, 0.15) is 0 Å². The van der Waals surface area contributed by atoms with Crippen LogP contribution in [0.3, 0.4) is 0 Å². The molecule has 0 amide bonds. The Morgan fingerprint density at radius 1 is 1.21 bits per heavy atom. The zero-order valence-corrected chi connectivity index (χ0v) is 10.8. The molecule has 98 valence electrons. The van der Waals surface area contributed by atoms with E-state index in [2.05, 4.69) is 28.3 Å². The van der Waals surface area contributed by atoms with Gasteiger partial charge in [-0.15, -0.1) is 0 Å². The highest BCUT2D eigenvalue weighted by atomic mass is 16.5.